The van der Waals surface area contributed by atoms with Gasteiger partial charge in [-0.05, 0) is 80.8 Å². The first kappa shape index (κ1) is 21.5. The zero-order valence-electron chi connectivity index (χ0n) is 19.4. The molecule has 7 nitrogen and oxygen atoms in total. The van der Waals surface area contributed by atoms with Gasteiger partial charge in [0.2, 0.25) is 0 Å². The van der Waals surface area contributed by atoms with Crippen molar-refractivity contribution in [3.8, 4) is 5.75 Å². The molecule has 1 aliphatic carbocycles. The van der Waals surface area contributed by atoms with Gasteiger partial charge in [0, 0.05) is 36.6 Å². The Hall–Kier alpha value is -3.35. The summed E-state index contributed by atoms with van der Waals surface area (Å²) in [6.07, 6.45) is 5.73. The maximum Gasteiger partial charge on any atom is 0.274 e. The number of hydrogen-bond acceptors (Lipinski definition) is 4. The molecule has 0 unspecified atom stereocenters. The number of methoxy groups -OCH3 is 1. The number of piperidine rings is 1. The average Bonchev–Trinajstić information content (AvgIpc) is 3.23. The van der Waals surface area contributed by atoms with Crippen molar-refractivity contribution in [2.24, 2.45) is 5.41 Å². The second-order valence-corrected chi connectivity index (χ2v) is 9.57. The molecule has 3 aromatic rings. The summed E-state index contributed by atoms with van der Waals surface area (Å²) in [4.78, 5) is 32.2. The molecule has 1 N–H and O–H groups in total. The number of nitrogens with zero attached hydrogens (tertiary/aromatic N) is 3. The van der Waals surface area contributed by atoms with E-state index < -0.39 is 0 Å². The van der Waals surface area contributed by atoms with E-state index in [9.17, 15) is 9.59 Å². The summed E-state index contributed by atoms with van der Waals surface area (Å²) >= 11 is 0. The normalized spacial score (nSPS) is 17.7. The highest BCUT2D eigenvalue weighted by atomic mass is 16.5. The predicted octanol–water partition coefficient (Wildman–Crippen LogP) is 3.77. The summed E-state index contributed by atoms with van der Waals surface area (Å²) in [6.45, 7) is 5.42. The van der Waals surface area contributed by atoms with E-state index in [1.165, 1.54) is 0 Å². The Labute approximate surface area is 193 Å². The SMILES string of the molecule is COc1ccc(C(=O)NC2CC3(CCN(C(=O)c4cn5c(C)cccc5n4)CC3)C2)c(C)c1. The zero-order valence-corrected chi connectivity index (χ0v) is 19.4. The first-order chi connectivity index (χ1) is 15.9. The highest BCUT2D eigenvalue weighted by molar-refractivity contribution is 5.96. The van der Waals surface area contributed by atoms with E-state index in [2.05, 4.69) is 10.3 Å². The molecule has 172 valence electrons. The van der Waals surface area contributed by atoms with Crippen molar-refractivity contribution in [1.29, 1.82) is 0 Å². The highest BCUT2D eigenvalue weighted by Gasteiger charge is 2.47. The molecule has 1 spiro atoms. The molecular formula is C26H30N4O3. The number of likely N-dealkylation sites (tertiary alicyclic amines) is 1. The van der Waals surface area contributed by atoms with Crippen LogP contribution in [-0.2, 0) is 0 Å². The molecule has 0 radical (unpaired) electrons. The number of fused-ring (bicyclic) bond motifs is 1. The number of aromatic nitrogens is 2. The summed E-state index contributed by atoms with van der Waals surface area (Å²) in [7, 11) is 1.62. The number of pyridine rings is 1. The van der Waals surface area contributed by atoms with Crippen LogP contribution in [0.2, 0.25) is 0 Å². The lowest BCUT2D eigenvalue weighted by atomic mass is 9.60. The lowest BCUT2D eigenvalue weighted by Crippen LogP contribution is -2.55. The number of carbonyl (C=O) groups is 2. The topological polar surface area (TPSA) is 75.9 Å². The number of amides is 2. The molecular weight excluding hydrogens is 416 g/mol. The van der Waals surface area contributed by atoms with Crippen LogP contribution in [0.4, 0.5) is 0 Å². The molecule has 1 saturated heterocycles. The van der Waals surface area contributed by atoms with E-state index in [0.717, 1.165) is 61.4 Å². The molecule has 2 aromatic heterocycles. The number of carbonyl (C=O) groups excluding carboxylic acids is 2. The molecule has 33 heavy (non-hydrogen) atoms. The Balaban J connectivity index is 1.15. The first-order valence-electron chi connectivity index (χ1n) is 11.6. The van der Waals surface area contributed by atoms with E-state index in [4.69, 9.17) is 4.74 Å². The Kier molecular flexibility index (Phi) is 5.35. The van der Waals surface area contributed by atoms with Crippen LogP contribution < -0.4 is 10.1 Å². The van der Waals surface area contributed by atoms with Gasteiger partial charge in [-0.2, -0.15) is 0 Å². The van der Waals surface area contributed by atoms with Crippen LogP contribution >= 0.6 is 0 Å². The van der Waals surface area contributed by atoms with Gasteiger partial charge in [0.15, 0.2) is 0 Å². The Morgan fingerprint density at radius 3 is 2.55 bits per heavy atom. The largest absolute Gasteiger partial charge is 0.497 e. The molecule has 2 fully saturated rings. The van der Waals surface area contributed by atoms with Crippen LogP contribution in [0.5, 0.6) is 5.75 Å². The molecule has 1 aromatic carbocycles. The molecule has 5 rings (SSSR count). The number of ether oxygens (including phenoxy) is 1. The van der Waals surface area contributed by atoms with E-state index >= 15 is 0 Å². The smallest absolute Gasteiger partial charge is 0.274 e. The second kappa shape index (κ2) is 8.21. The monoisotopic (exact) mass is 446 g/mol. The van der Waals surface area contributed by atoms with Gasteiger partial charge in [-0.15, -0.1) is 0 Å². The van der Waals surface area contributed by atoms with Gasteiger partial charge in [0.05, 0.1) is 7.11 Å². The van der Waals surface area contributed by atoms with Gasteiger partial charge >= 0.3 is 0 Å². The van der Waals surface area contributed by atoms with Gasteiger partial charge in [0.25, 0.3) is 11.8 Å². The first-order valence-corrected chi connectivity index (χ1v) is 11.6. The Bertz CT molecular complexity index is 1220. The number of benzene rings is 1. The molecule has 1 saturated carbocycles. The molecule has 2 amide bonds. The van der Waals surface area contributed by atoms with Gasteiger partial charge in [-0.3, -0.25) is 9.59 Å². The van der Waals surface area contributed by atoms with Crippen LogP contribution in [0.25, 0.3) is 5.65 Å². The highest BCUT2D eigenvalue weighted by Crippen LogP contribution is 2.49. The minimum Gasteiger partial charge on any atom is -0.497 e. The van der Waals surface area contributed by atoms with E-state index in [0.29, 0.717) is 11.3 Å². The maximum atomic E-state index is 13.0. The summed E-state index contributed by atoms with van der Waals surface area (Å²) in [6, 6.07) is 11.6. The van der Waals surface area contributed by atoms with Gasteiger partial charge < -0.3 is 19.4 Å². The number of rotatable bonds is 4. The quantitative estimate of drug-likeness (QED) is 0.662. The summed E-state index contributed by atoms with van der Waals surface area (Å²) in [5, 5.41) is 3.19. The summed E-state index contributed by atoms with van der Waals surface area (Å²) < 4.78 is 7.19. The van der Waals surface area contributed by atoms with Crippen molar-refractivity contribution < 1.29 is 14.3 Å². The summed E-state index contributed by atoms with van der Waals surface area (Å²) in [5.41, 5.74) is 4.21. The van der Waals surface area contributed by atoms with Crippen LogP contribution in [-0.4, -0.2) is 52.3 Å². The molecule has 1 aliphatic heterocycles. The van der Waals surface area contributed by atoms with Crippen molar-refractivity contribution in [1.82, 2.24) is 19.6 Å². The molecule has 0 bridgehead atoms. The van der Waals surface area contributed by atoms with Crippen molar-refractivity contribution in [3.63, 3.8) is 0 Å². The fourth-order valence-corrected chi connectivity index (χ4v) is 5.37. The van der Waals surface area contributed by atoms with Gasteiger partial charge in [-0.25, -0.2) is 4.98 Å². The molecule has 0 atom stereocenters. The van der Waals surface area contributed by atoms with Crippen LogP contribution in [0.3, 0.4) is 0 Å². The number of nitrogens with one attached hydrogen (secondary N) is 1. The Morgan fingerprint density at radius 2 is 1.88 bits per heavy atom. The van der Waals surface area contributed by atoms with Crippen LogP contribution in [0.1, 0.15) is 57.8 Å². The average molecular weight is 447 g/mol. The standard InChI is InChI=1S/C26H30N4O3/c1-17-13-20(33-3)7-8-21(17)24(31)27-19-14-26(15-19)9-11-29(12-10-26)25(32)22-16-30-18(2)5-4-6-23(30)28-22/h4-8,13,16,19H,9-12,14-15H2,1-3H3,(H,27,31). The van der Waals surface area contributed by atoms with Crippen LogP contribution in [0.15, 0.2) is 42.6 Å². The fourth-order valence-electron chi connectivity index (χ4n) is 5.37. The molecule has 2 aliphatic rings. The molecule has 7 heteroatoms. The van der Waals surface area contributed by atoms with Gasteiger partial charge in [0.1, 0.15) is 17.1 Å². The predicted molar refractivity (Wildman–Crippen MR) is 126 cm³/mol. The minimum atomic E-state index is -0.0234. The summed E-state index contributed by atoms with van der Waals surface area (Å²) in [5.74, 6) is 0.739. The minimum absolute atomic E-state index is 0.00658. The lowest BCUT2D eigenvalue weighted by molar-refractivity contribution is 0.00845. The van der Waals surface area contributed by atoms with Crippen LogP contribution in [0, 0.1) is 19.3 Å². The van der Waals surface area contributed by atoms with E-state index in [-0.39, 0.29) is 23.3 Å². The van der Waals surface area contributed by atoms with Gasteiger partial charge in [-0.1, -0.05) is 6.07 Å². The van der Waals surface area contributed by atoms with E-state index in [1.807, 2.05) is 65.7 Å². The van der Waals surface area contributed by atoms with Crippen molar-refractivity contribution >= 4 is 17.5 Å². The van der Waals surface area contributed by atoms with Crippen molar-refractivity contribution in [2.45, 2.75) is 45.6 Å². The number of imidazole rings is 1. The third-order valence-corrected chi connectivity index (χ3v) is 7.40. The molecule has 3 heterocycles. The fraction of sp³-hybridized carbons (Fsp3) is 0.423. The van der Waals surface area contributed by atoms with Crippen molar-refractivity contribution in [3.05, 3.63) is 65.1 Å². The Morgan fingerprint density at radius 1 is 1.12 bits per heavy atom. The van der Waals surface area contributed by atoms with Crippen molar-refractivity contribution in [2.75, 3.05) is 20.2 Å². The maximum absolute atomic E-state index is 13.0. The lowest BCUT2D eigenvalue weighted by Gasteiger charge is -2.52. The van der Waals surface area contributed by atoms with E-state index in [1.54, 1.807) is 7.11 Å². The third kappa shape index (κ3) is 3.96. The number of aryl methyl sites for hydroxylation is 2. The zero-order chi connectivity index (χ0) is 23.2. The second-order valence-electron chi connectivity index (χ2n) is 9.57. The third-order valence-electron chi connectivity index (χ3n) is 7.40. The number of hydrogen-bond donors (Lipinski definition) is 1.